The van der Waals surface area contributed by atoms with Gasteiger partial charge in [0.2, 0.25) is 0 Å². The van der Waals surface area contributed by atoms with E-state index in [4.69, 9.17) is 14.2 Å². The second-order valence-corrected chi connectivity index (χ2v) is 9.02. The Bertz CT molecular complexity index is 1140. The zero-order valence-corrected chi connectivity index (χ0v) is 21.2. The molecule has 0 aliphatic heterocycles. The first-order chi connectivity index (χ1) is 17.5. The molecule has 0 aliphatic rings. The highest BCUT2D eigenvalue weighted by molar-refractivity contribution is 5.96. The van der Waals surface area contributed by atoms with Crippen molar-refractivity contribution in [1.29, 1.82) is 0 Å². The second-order valence-electron chi connectivity index (χ2n) is 9.02. The van der Waals surface area contributed by atoms with Gasteiger partial charge in [-0.15, -0.1) is 0 Å². The molecule has 36 heavy (non-hydrogen) atoms. The van der Waals surface area contributed by atoms with Gasteiger partial charge in [0.15, 0.2) is 0 Å². The number of benzene rings is 3. The van der Waals surface area contributed by atoms with Gasteiger partial charge in [0, 0.05) is 5.57 Å². The molecule has 3 aromatic carbocycles. The quantitative estimate of drug-likeness (QED) is 0.0950. The van der Waals surface area contributed by atoms with Gasteiger partial charge in [-0.3, -0.25) is 0 Å². The number of carbonyl (C=O) groups excluding carboxylic acids is 2. The fourth-order valence-electron chi connectivity index (χ4n) is 3.84. The maximum Gasteiger partial charge on any atom is 0.343 e. The Labute approximate surface area is 214 Å². The van der Waals surface area contributed by atoms with Crippen molar-refractivity contribution in [2.45, 2.75) is 58.3 Å². The van der Waals surface area contributed by atoms with Crippen LogP contribution < -0.4 is 9.47 Å². The molecule has 0 unspecified atom stereocenters. The monoisotopic (exact) mass is 488 g/mol. The zero-order valence-electron chi connectivity index (χ0n) is 21.2. The number of hydrogen-bond donors (Lipinski definition) is 0. The first-order valence-electron chi connectivity index (χ1n) is 12.8. The van der Waals surface area contributed by atoms with E-state index in [9.17, 15) is 9.59 Å². The summed E-state index contributed by atoms with van der Waals surface area (Å²) in [5.74, 6) is 0.711. The number of ether oxygens (including phenoxy) is 3. The van der Waals surface area contributed by atoms with Gasteiger partial charge in [0.25, 0.3) is 0 Å². The third kappa shape index (κ3) is 9.21. The first kappa shape index (κ1) is 27.0. The minimum Gasteiger partial charge on any atom is -0.494 e. The zero-order chi connectivity index (χ0) is 25.6. The molecule has 0 bridgehead atoms. The van der Waals surface area contributed by atoms with E-state index in [2.05, 4.69) is 6.58 Å². The predicted molar refractivity (Wildman–Crippen MR) is 144 cm³/mol. The van der Waals surface area contributed by atoms with Crippen molar-refractivity contribution in [3.63, 3.8) is 0 Å². The van der Waals surface area contributed by atoms with Crippen LogP contribution in [0.25, 0.3) is 10.8 Å². The van der Waals surface area contributed by atoms with Crippen LogP contribution in [0, 0.1) is 0 Å². The lowest BCUT2D eigenvalue weighted by Gasteiger charge is -2.09. The average Bonchev–Trinajstić information content (AvgIpc) is 2.89. The van der Waals surface area contributed by atoms with E-state index in [-0.39, 0.29) is 11.9 Å². The summed E-state index contributed by atoms with van der Waals surface area (Å²) in [7, 11) is 0. The van der Waals surface area contributed by atoms with Crippen molar-refractivity contribution in [2.75, 3.05) is 13.2 Å². The number of unbranched alkanes of at least 4 members (excludes halogenated alkanes) is 7. The van der Waals surface area contributed by atoms with Gasteiger partial charge in [0.1, 0.15) is 11.5 Å². The molecule has 3 rings (SSSR count). The Morgan fingerprint density at radius 3 is 2.00 bits per heavy atom. The van der Waals surface area contributed by atoms with Crippen molar-refractivity contribution in [2.24, 2.45) is 0 Å². The van der Waals surface area contributed by atoms with Crippen LogP contribution in [0.15, 0.2) is 78.9 Å². The first-order valence-corrected chi connectivity index (χ1v) is 12.8. The van der Waals surface area contributed by atoms with E-state index in [1.165, 1.54) is 25.7 Å². The van der Waals surface area contributed by atoms with Gasteiger partial charge >= 0.3 is 11.9 Å². The standard InChI is InChI=1S/C31H36O5/c1-24(2)30(32)35-21-13-8-6-4-3-5-7-12-20-34-29-19-18-25-22-27(17-16-26(25)23-29)31(33)36-28-14-10-9-11-15-28/h9-11,14-19,22-23H,1,3-8,12-13,20-21H2,2H3. The molecule has 5 heteroatoms. The van der Waals surface area contributed by atoms with Gasteiger partial charge in [-0.1, -0.05) is 75.4 Å². The van der Waals surface area contributed by atoms with Crippen LogP contribution in [0.1, 0.15) is 68.6 Å². The van der Waals surface area contributed by atoms with Gasteiger partial charge in [-0.2, -0.15) is 0 Å². The second kappa shape index (κ2) is 14.7. The Balaban J connectivity index is 1.28. The Hall–Kier alpha value is -3.60. The van der Waals surface area contributed by atoms with Crippen molar-refractivity contribution in [1.82, 2.24) is 0 Å². The van der Waals surface area contributed by atoms with Crippen LogP contribution in [0.5, 0.6) is 11.5 Å². The van der Waals surface area contributed by atoms with Gasteiger partial charge < -0.3 is 14.2 Å². The SMILES string of the molecule is C=C(C)C(=O)OCCCCCCCCCCOc1ccc2cc(C(=O)Oc3ccccc3)ccc2c1. The van der Waals surface area contributed by atoms with E-state index in [1.54, 1.807) is 25.1 Å². The van der Waals surface area contributed by atoms with Crippen LogP contribution in [0.3, 0.4) is 0 Å². The summed E-state index contributed by atoms with van der Waals surface area (Å²) < 4.78 is 16.5. The summed E-state index contributed by atoms with van der Waals surface area (Å²) in [6.45, 7) is 6.42. The molecular weight excluding hydrogens is 452 g/mol. The molecule has 0 atom stereocenters. The number of rotatable bonds is 15. The Morgan fingerprint density at radius 2 is 1.31 bits per heavy atom. The predicted octanol–water partition coefficient (Wildman–Crippen LogP) is 7.68. The third-order valence-electron chi connectivity index (χ3n) is 5.89. The molecule has 0 heterocycles. The van der Waals surface area contributed by atoms with Crippen LogP contribution >= 0.6 is 0 Å². The lowest BCUT2D eigenvalue weighted by Crippen LogP contribution is -2.08. The Kier molecular flexibility index (Phi) is 11.0. The summed E-state index contributed by atoms with van der Waals surface area (Å²) in [6, 6.07) is 20.6. The number of carbonyl (C=O) groups is 2. The average molecular weight is 489 g/mol. The number of hydrogen-bond acceptors (Lipinski definition) is 5. The lowest BCUT2D eigenvalue weighted by atomic mass is 10.1. The summed E-state index contributed by atoms with van der Waals surface area (Å²) in [5.41, 5.74) is 0.975. The Morgan fingerprint density at radius 1 is 0.694 bits per heavy atom. The normalized spacial score (nSPS) is 10.7. The van der Waals surface area contributed by atoms with Crippen LogP contribution in [0.4, 0.5) is 0 Å². The van der Waals surface area contributed by atoms with Gasteiger partial charge in [0.05, 0.1) is 18.8 Å². The fourth-order valence-corrected chi connectivity index (χ4v) is 3.84. The molecule has 3 aromatic rings. The molecule has 0 N–H and O–H groups in total. The smallest absolute Gasteiger partial charge is 0.343 e. The highest BCUT2D eigenvalue weighted by Crippen LogP contribution is 2.23. The van der Waals surface area contributed by atoms with Crippen molar-refractivity contribution >= 4 is 22.7 Å². The molecule has 190 valence electrons. The minimum absolute atomic E-state index is 0.295. The van der Waals surface area contributed by atoms with Crippen LogP contribution in [-0.2, 0) is 9.53 Å². The highest BCUT2D eigenvalue weighted by atomic mass is 16.5. The lowest BCUT2D eigenvalue weighted by molar-refractivity contribution is -0.139. The fraction of sp³-hybridized carbons (Fsp3) is 0.355. The summed E-state index contributed by atoms with van der Waals surface area (Å²) in [4.78, 5) is 23.7. The van der Waals surface area contributed by atoms with E-state index in [0.29, 0.717) is 30.1 Å². The molecule has 0 spiro atoms. The molecule has 5 nitrogen and oxygen atoms in total. The largest absolute Gasteiger partial charge is 0.494 e. The van der Waals surface area contributed by atoms with Crippen molar-refractivity contribution in [3.05, 3.63) is 84.4 Å². The van der Waals surface area contributed by atoms with Crippen molar-refractivity contribution < 1.29 is 23.8 Å². The molecule has 0 amide bonds. The number of para-hydroxylation sites is 1. The maximum atomic E-state index is 12.4. The van der Waals surface area contributed by atoms with Gasteiger partial charge in [-0.25, -0.2) is 9.59 Å². The summed E-state index contributed by atoms with van der Waals surface area (Å²) in [5, 5.41) is 2.00. The maximum absolute atomic E-state index is 12.4. The highest BCUT2D eigenvalue weighted by Gasteiger charge is 2.10. The molecule has 0 saturated heterocycles. The molecule has 0 aliphatic carbocycles. The molecule has 0 radical (unpaired) electrons. The number of fused-ring (bicyclic) bond motifs is 1. The van der Waals surface area contributed by atoms with E-state index in [1.807, 2.05) is 48.5 Å². The van der Waals surface area contributed by atoms with Crippen LogP contribution in [-0.4, -0.2) is 25.2 Å². The molecule has 0 saturated carbocycles. The van der Waals surface area contributed by atoms with Gasteiger partial charge in [-0.05, 0) is 66.9 Å². The van der Waals surface area contributed by atoms with E-state index in [0.717, 1.165) is 42.2 Å². The summed E-state index contributed by atoms with van der Waals surface area (Å²) in [6.07, 6.45) is 8.98. The van der Waals surface area contributed by atoms with Crippen molar-refractivity contribution in [3.8, 4) is 11.5 Å². The van der Waals surface area contributed by atoms with E-state index >= 15 is 0 Å². The van der Waals surface area contributed by atoms with E-state index < -0.39 is 0 Å². The summed E-state index contributed by atoms with van der Waals surface area (Å²) >= 11 is 0. The topological polar surface area (TPSA) is 61.8 Å². The third-order valence-corrected chi connectivity index (χ3v) is 5.89. The number of esters is 2. The minimum atomic E-state index is -0.368. The van der Waals surface area contributed by atoms with Crippen LogP contribution in [0.2, 0.25) is 0 Å². The molecule has 0 fully saturated rings. The molecule has 0 aromatic heterocycles. The molecular formula is C31H36O5.